The van der Waals surface area contributed by atoms with Crippen LogP contribution in [0.4, 0.5) is 11.5 Å². The van der Waals surface area contributed by atoms with Crippen LogP contribution in [0.2, 0.25) is 5.02 Å². The Hall–Kier alpha value is -2.57. The van der Waals surface area contributed by atoms with Crippen molar-refractivity contribution in [1.82, 2.24) is 15.3 Å². The van der Waals surface area contributed by atoms with E-state index >= 15 is 0 Å². The van der Waals surface area contributed by atoms with E-state index in [4.69, 9.17) is 26.3 Å². The lowest BCUT2D eigenvalue weighted by Gasteiger charge is -2.41. The van der Waals surface area contributed by atoms with E-state index in [1.807, 2.05) is 12.1 Å². The van der Waals surface area contributed by atoms with Crippen LogP contribution < -0.4 is 19.9 Å². The van der Waals surface area contributed by atoms with E-state index in [9.17, 15) is 0 Å². The van der Waals surface area contributed by atoms with Gasteiger partial charge in [0.15, 0.2) is 0 Å². The summed E-state index contributed by atoms with van der Waals surface area (Å²) in [4.78, 5) is 14.3. The molecule has 31 heavy (non-hydrogen) atoms. The van der Waals surface area contributed by atoms with Crippen LogP contribution in [0.3, 0.4) is 0 Å². The molecule has 3 heterocycles. The van der Waals surface area contributed by atoms with Crippen molar-refractivity contribution in [1.29, 1.82) is 0 Å². The Labute approximate surface area is 188 Å². The first-order chi connectivity index (χ1) is 14.9. The van der Waals surface area contributed by atoms with Gasteiger partial charge in [0.05, 0.1) is 24.4 Å². The molecule has 7 heteroatoms. The van der Waals surface area contributed by atoms with E-state index in [-0.39, 0.29) is 5.54 Å². The highest BCUT2D eigenvalue weighted by atomic mass is 35.5. The fraction of sp³-hybridized carbons (Fsp3) is 0.417. The van der Waals surface area contributed by atoms with Crippen LogP contribution in [-0.4, -0.2) is 48.8 Å². The summed E-state index contributed by atoms with van der Waals surface area (Å²) in [6, 6.07) is 12.9. The fourth-order valence-electron chi connectivity index (χ4n) is 4.81. The van der Waals surface area contributed by atoms with Crippen molar-refractivity contribution < 1.29 is 4.74 Å². The van der Waals surface area contributed by atoms with Gasteiger partial charge in [0, 0.05) is 48.4 Å². The van der Waals surface area contributed by atoms with E-state index in [1.54, 1.807) is 7.11 Å². The van der Waals surface area contributed by atoms with E-state index in [0.717, 1.165) is 65.6 Å². The molecule has 2 aliphatic heterocycles. The van der Waals surface area contributed by atoms with Gasteiger partial charge in [-0.05, 0) is 37.8 Å². The Morgan fingerprint density at radius 3 is 2.65 bits per heavy atom. The number of ether oxygens (including phenoxy) is 1. The number of piperazine rings is 1. The number of nitrogens with zero attached hydrogens (tertiary/aromatic N) is 4. The minimum atomic E-state index is 0.0454. The number of anilines is 2. The van der Waals surface area contributed by atoms with E-state index < -0.39 is 0 Å². The quantitative estimate of drug-likeness (QED) is 0.667. The second-order valence-corrected chi connectivity index (χ2v) is 9.39. The number of benzene rings is 2. The molecule has 1 aromatic heterocycles. The van der Waals surface area contributed by atoms with Crippen LogP contribution >= 0.6 is 11.6 Å². The Morgan fingerprint density at radius 2 is 1.87 bits per heavy atom. The Kier molecular flexibility index (Phi) is 5.15. The number of rotatable bonds is 3. The second kappa shape index (κ2) is 7.84. The van der Waals surface area contributed by atoms with Gasteiger partial charge in [0.25, 0.3) is 0 Å². The molecule has 2 aliphatic rings. The Bertz CT molecular complexity index is 1130. The number of hydrogen-bond donors (Lipinski definition) is 1. The SMILES string of the molecule is COc1nc2c(c(N3CCNC(C)(C)C3)n1)CCN(c1cccc3cccc(Cl)c13)C2. The minimum absolute atomic E-state index is 0.0454. The van der Waals surface area contributed by atoms with Gasteiger partial charge in [-0.1, -0.05) is 35.9 Å². The lowest BCUT2D eigenvalue weighted by atomic mass is 9.99. The first-order valence-electron chi connectivity index (χ1n) is 10.8. The molecule has 1 fully saturated rings. The third-order valence-electron chi connectivity index (χ3n) is 6.25. The lowest BCUT2D eigenvalue weighted by Crippen LogP contribution is -2.57. The molecular formula is C24H28ClN5O. The van der Waals surface area contributed by atoms with Gasteiger partial charge in [0.1, 0.15) is 5.82 Å². The van der Waals surface area contributed by atoms with Crippen molar-refractivity contribution in [2.45, 2.75) is 32.4 Å². The zero-order valence-corrected chi connectivity index (χ0v) is 19.0. The van der Waals surface area contributed by atoms with E-state index in [2.05, 4.69) is 53.2 Å². The normalized spacial score (nSPS) is 18.2. The van der Waals surface area contributed by atoms with E-state index in [1.165, 1.54) is 5.56 Å². The molecule has 162 valence electrons. The zero-order valence-electron chi connectivity index (χ0n) is 18.3. The first kappa shape index (κ1) is 20.3. The zero-order chi connectivity index (χ0) is 21.6. The topological polar surface area (TPSA) is 53.5 Å². The monoisotopic (exact) mass is 437 g/mol. The number of fused-ring (bicyclic) bond motifs is 2. The van der Waals surface area contributed by atoms with Gasteiger partial charge in [-0.2, -0.15) is 9.97 Å². The van der Waals surface area contributed by atoms with Gasteiger partial charge in [-0.25, -0.2) is 0 Å². The van der Waals surface area contributed by atoms with Crippen LogP contribution in [0.25, 0.3) is 10.8 Å². The molecule has 1 N–H and O–H groups in total. The third-order valence-corrected chi connectivity index (χ3v) is 6.56. The summed E-state index contributed by atoms with van der Waals surface area (Å²) in [5.74, 6) is 1.02. The molecule has 0 bridgehead atoms. The summed E-state index contributed by atoms with van der Waals surface area (Å²) in [6.45, 7) is 8.85. The average Bonchev–Trinajstić information content (AvgIpc) is 2.77. The predicted molar refractivity (Wildman–Crippen MR) is 127 cm³/mol. The molecule has 1 saturated heterocycles. The maximum Gasteiger partial charge on any atom is 0.318 e. The van der Waals surface area contributed by atoms with Gasteiger partial charge in [-0.3, -0.25) is 0 Å². The molecule has 0 aliphatic carbocycles. The van der Waals surface area contributed by atoms with Gasteiger partial charge in [0.2, 0.25) is 0 Å². The highest BCUT2D eigenvalue weighted by Crippen LogP contribution is 2.37. The van der Waals surface area contributed by atoms with Crippen LogP contribution in [-0.2, 0) is 13.0 Å². The summed E-state index contributed by atoms with van der Waals surface area (Å²) in [5.41, 5.74) is 3.47. The molecule has 0 radical (unpaired) electrons. The number of aromatic nitrogens is 2. The van der Waals surface area contributed by atoms with Gasteiger partial charge >= 0.3 is 6.01 Å². The molecule has 0 saturated carbocycles. The van der Waals surface area contributed by atoms with Crippen molar-refractivity contribution in [3.63, 3.8) is 0 Å². The molecule has 3 aromatic rings. The van der Waals surface area contributed by atoms with Crippen molar-refractivity contribution >= 4 is 33.9 Å². The molecule has 0 unspecified atom stereocenters. The average molecular weight is 438 g/mol. The van der Waals surface area contributed by atoms with Crippen molar-refractivity contribution in [3.8, 4) is 6.01 Å². The Balaban J connectivity index is 1.54. The summed E-state index contributed by atoms with van der Waals surface area (Å²) in [6.07, 6.45) is 0.889. The van der Waals surface area contributed by atoms with Crippen LogP contribution in [0.5, 0.6) is 6.01 Å². The van der Waals surface area contributed by atoms with Crippen LogP contribution in [0.1, 0.15) is 25.1 Å². The van der Waals surface area contributed by atoms with Gasteiger partial charge in [-0.15, -0.1) is 0 Å². The molecule has 0 atom stereocenters. The van der Waals surface area contributed by atoms with Crippen molar-refractivity contribution in [2.75, 3.05) is 43.1 Å². The van der Waals surface area contributed by atoms with Crippen molar-refractivity contribution in [2.24, 2.45) is 0 Å². The van der Waals surface area contributed by atoms with Gasteiger partial charge < -0.3 is 19.9 Å². The molecule has 0 spiro atoms. The minimum Gasteiger partial charge on any atom is -0.467 e. The second-order valence-electron chi connectivity index (χ2n) is 8.98. The molecule has 6 nitrogen and oxygen atoms in total. The third kappa shape index (κ3) is 3.79. The summed E-state index contributed by atoms with van der Waals surface area (Å²) in [7, 11) is 1.64. The molecule has 0 amide bonds. The number of hydrogen-bond acceptors (Lipinski definition) is 6. The summed E-state index contributed by atoms with van der Waals surface area (Å²) < 4.78 is 5.49. The largest absolute Gasteiger partial charge is 0.467 e. The standard InChI is InChI=1S/C24H28ClN5O/c1-24(2)15-30(13-11-26-24)22-17-10-12-29(14-19(17)27-23(28-22)31-3)20-9-5-7-16-6-4-8-18(25)21(16)20/h4-9,26H,10-15H2,1-3H3. The van der Waals surface area contributed by atoms with Crippen molar-refractivity contribution in [3.05, 3.63) is 52.7 Å². The number of halogens is 1. The van der Waals surface area contributed by atoms with Crippen LogP contribution in [0, 0.1) is 0 Å². The molecule has 2 aromatic carbocycles. The lowest BCUT2D eigenvalue weighted by molar-refractivity contribution is 0.346. The number of methoxy groups -OCH3 is 1. The van der Waals surface area contributed by atoms with E-state index in [0.29, 0.717) is 12.6 Å². The predicted octanol–water partition coefficient (Wildman–Crippen LogP) is 4.04. The molecular weight excluding hydrogens is 410 g/mol. The Morgan fingerprint density at radius 1 is 1.06 bits per heavy atom. The fourth-order valence-corrected chi connectivity index (χ4v) is 5.09. The highest BCUT2D eigenvalue weighted by Gasteiger charge is 2.31. The smallest absolute Gasteiger partial charge is 0.318 e. The molecule has 5 rings (SSSR count). The highest BCUT2D eigenvalue weighted by molar-refractivity contribution is 6.36. The number of nitrogens with one attached hydrogen (secondary N) is 1. The maximum atomic E-state index is 6.60. The van der Waals surface area contributed by atoms with Crippen LogP contribution in [0.15, 0.2) is 36.4 Å². The first-order valence-corrected chi connectivity index (χ1v) is 11.2. The summed E-state index contributed by atoms with van der Waals surface area (Å²) >= 11 is 6.60. The summed E-state index contributed by atoms with van der Waals surface area (Å²) in [5, 5.41) is 6.61. The maximum absolute atomic E-state index is 6.60.